The van der Waals surface area contributed by atoms with Crippen molar-refractivity contribution in [3.63, 3.8) is 0 Å². The molecule has 1 aliphatic carbocycles. The number of aryl methyl sites for hydroxylation is 1. The summed E-state index contributed by atoms with van der Waals surface area (Å²) in [6.45, 7) is 5.42. The van der Waals surface area contributed by atoms with E-state index in [1.165, 1.54) is 6.07 Å². The third-order valence-corrected chi connectivity index (χ3v) is 6.89. The van der Waals surface area contributed by atoms with Crippen molar-refractivity contribution in [3.05, 3.63) is 53.3 Å². The van der Waals surface area contributed by atoms with Gasteiger partial charge in [-0.25, -0.2) is 4.39 Å². The minimum atomic E-state index is -0.413. The average Bonchev–Trinajstić information content (AvgIpc) is 3.38. The zero-order valence-electron chi connectivity index (χ0n) is 20.3. The van der Waals surface area contributed by atoms with E-state index in [2.05, 4.69) is 10.3 Å². The fourth-order valence-electron chi connectivity index (χ4n) is 4.64. The summed E-state index contributed by atoms with van der Waals surface area (Å²) in [4.78, 5) is 29.2. The highest BCUT2D eigenvalue weighted by Crippen LogP contribution is 2.37. The second kappa shape index (κ2) is 9.28. The van der Waals surface area contributed by atoms with Crippen molar-refractivity contribution < 1.29 is 18.4 Å². The first kappa shape index (κ1) is 23.3. The van der Waals surface area contributed by atoms with Crippen LogP contribution >= 0.6 is 0 Å². The first-order valence-corrected chi connectivity index (χ1v) is 12.2. The Morgan fingerprint density at radius 1 is 1.29 bits per heavy atom. The molecule has 1 fully saturated rings. The molecule has 1 saturated carbocycles. The summed E-state index contributed by atoms with van der Waals surface area (Å²) < 4.78 is 23.4. The second-order valence-electron chi connectivity index (χ2n) is 9.73. The van der Waals surface area contributed by atoms with E-state index in [-0.39, 0.29) is 29.5 Å². The Hall–Kier alpha value is -3.49. The molecule has 9 heteroatoms. The second-order valence-corrected chi connectivity index (χ2v) is 9.73. The van der Waals surface area contributed by atoms with Crippen LogP contribution in [0, 0.1) is 5.82 Å². The molecular formula is C26H30FN5O3. The van der Waals surface area contributed by atoms with Crippen LogP contribution in [0.3, 0.4) is 0 Å². The minimum Gasteiger partial charge on any atom is -0.450 e. The van der Waals surface area contributed by atoms with Crippen molar-refractivity contribution in [2.75, 3.05) is 20.1 Å². The van der Waals surface area contributed by atoms with E-state index in [1.54, 1.807) is 33.9 Å². The van der Waals surface area contributed by atoms with Crippen LogP contribution in [-0.2, 0) is 11.3 Å². The molecule has 0 unspecified atom stereocenters. The lowest BCUT2D eigenvalue weighted by atomic mass is 9.92. The summed E-state index contributed by atoms with van der Waals surface area (Å²) in [6.07, 6.45) is 8.23. The Bertz CT molecular complexity index is 1290. The van der Waals surface area contributed by atoms with Crippen molar-refractivity contribution in [3.8, 4) is 0 Å². The van der Waals surface area contributed by atoms with Gasteiger partial charge in [0.25, 0.3) is 5.91 Å². The molecule has 5 rings (SSSR count). The zero-order chi connectivity index (χ0) is 24.7. The summed E-state index contributed by atoms with van der Waals surface area (Å²) in [6, 6.07) is 3.59. The van der Waals surface area contributed by atoms with E-state index in [4.69, 9.17) is 4.42 Å². The quantitative estimate of drug-likeness (QED) is 0.506. The van der Waals surface area contributed by atoms with E-state index in [0.29, 0.717) is 49.0 Å². The Morgan fingerprint density at radius 3 is 2.77 bits per heavy atom. The minimum absolute atomic E-state index is 0.00373. The lowest BCUT2D eigenvalue weighted by molar-refractivity contribution is -0.131. The van der Waals surface area contributed by atoms with Crippen LogP contribution in [0.1, 0.15) is 67.1 Å². The van der Waals surface area contributed by atoms with Crippen LogP contribution < -0.4 is 0 Å². The van der Waals surface area contributed by atoms with Gasteiger partial charge < -0.3 is 14.2 Å². The van der Waals surface area contributed by atoms with Crippen LogP contribution in [0.25, 0.3) is 16.5 Å². The van der Waals surface area contributed by atoms with Gasteiger partial charge in [-0.15, -0.1) is 5.10 Å². The number of rotatable bonds is 7. The molecule has 2 aliphatic rings. The molecule has 3 heterocycles. The molecule has 8 nitrogen and oxygen atoms in total. The van der Waals surface area contributed by atoms with Gasteiger partial charge in [-0.2, -0.15) is 0 Å². The molecule has 0 radical (unpaired) electrons. The Labute approximate surface area is 203 Å². The number of carbonyl (C=O) groups excluding carboxylic acids is 2. The number of hydrogen-bond acceptors (Lipinski definition) is 5. The van der Waals surface area contributed by atoms with Gasteiger partial charge in [-0.1, -0.05) is 25.1 Å². The fraction of sp³-hybridized carbons (Fsp3) is 0.462. The summed E-state index contributed by atoms with van der Waals surface area (Å²) in [5.41, 5.74) is 2.51. The van der Waals surface area contributed by atoms with Gasteiger partial charge >= 0.3 is 0 Å². The highest BCUT2D eigenvalue weighted by atomic mass is 19.1. The maximum absolute atomic E-state index is 15.9. The molecule has 1 aliphatic heterocycles. The maximum atomic E-state index is 15.9. The first-order valence-electron chi connectivity index (χ1n) is 12.2. The molecular weight excluding hydrogens is 449 g/mol. The molecule has 0 saturated heterocycles. The van der Waals surface area contributed by atoms with E-state index >= 15 is 4.39 Å². The third-order valence-electron chi connectivity index (χ3n) is 6.89. The van der Waals surface area contributed by atoms with Gasteiger partial charge in [-0.05, 0) is 42.4 Å². The van der Waals surface area contributed by atoms with E-state index in [0.717, 1.165) is 24.0 Å². The number of aromatic nitrogens is 3. The van der Waals surface area contributed by atoms with E-state index in [1.807, 2.05) is 26.0 Å². The number of carbonyl (C=O) groups is 2. The standard InChI is InChI=1S/C26H30FN5O3/c1-16(2)19-13-20(17-5-4-10-31(15-17)23(33)8-11-32-12-9-28-29-32)24(27)21-14-22(35-25(19)21)26(34)30(3)18-6-7-18/h5,9,12-14,16,18H,4,6-8,10-11,15H2,1-3H3. The summed E-state index contributed by atoms with van der Waals surface area (Å²) >= 11 is 0. The van der Waals surface area contributed by atoms with Crippen LogP contribution in [0.4, 0.5) is 4.39 Å². The van der Waals surface area contributed by atoms with Gasteiger partial charge in [0.05, 0.1) is 18.1 Å². The van der Waals surface area contributed by atoms with E-state index < -0.39 is 5.82 Å². The number of benzene rings is 1. The molecule has 35 heavy (non-hydrogen) atoms. The number of halogens is 1. The maximum Gasteiger partial charge on any atom is 0.289 e. The zero-order valence-corrected chi connectivity index (χ0v) is 20.3. The van der Waals surface area contributed by atoms with Crippen molar-refractivity contribution in [2.24, 2.45) is 0 Å². The van der Waals surface area contributed by atoms with E-state index in [9.17, 15) is 9.59 Å². The molecule has 0 spiro atoms. The Balaban J connectivity index is 1.43. The monoisotopic (exact) mass is 479 g/mol. The SMILES string of the molecule is CC(C)c1cc(C2=CCCN(C(=O)CCn3ccnn3)C2)c(F)c2cc(C(=O)N(C)C3CC3)oc12. The molecule has 0 bridgehead atoms. The van der Waals surface area contributed by atoms with Crippen LogP contribution in [0.2, 0.25) is 0 Å². The Kier molecular flexibility index (Phi) is 6.17. The predicted octanol–water partition coefficient (Wildman–Crippen LogP) is 4.23. The summed E-state index contributed by atoms with van der Waals surface area (Å²) in [5, 5.41) is 7.97. The van der Waals surface area contributed by atoms with Crippen molar-refractivity contribution in [1.82, 2.24) is 24.8 Å². The van der Waals surface area contributed by atoms with Gasteiger partial charge in [-0.3, -0.25) is 14.3 Å². The predicted molar refractivity (Wildman–Crippen MR) is 129 cm³/mol. The topological polar surface area (TPSA) is 84.5 Å². The lowest BCUT2D eigenvalue weighted by Gasteiger charge is -2.28. The number of fused-ring (bicyclic) bond motifs is 1. The largest absolute Gasteiger partial charge is 0.450 e. The van der Waals surface area contributed by atoms with Crippen LogP contribution in [0.5, 0.6) is 0 Å². The van der Waals surface area contributed by atoms with Crippen molar-refractivity contribution >= 4 is 28.4 Å². The van der Waals surface area contributed by atoms with Crippen LogP contribution in [0.15, 0.2) is 35.0 Å². The van der Waals surface area contributed by atoms with Gasteiger partial charge in [0, 0.05) is 50.4 Å². The normalized spacial score (nSPS) is 16.1. The molecule has 2 aromatic heterocycles. The molecule has 1 aromatic carbocycles. The lowest BCUT2D eigenvalue weighted by Crippen LogP contribution is -2.36. The molecule has 3 aromatic rings. The van der Waals surface area contributed by atoms with Gasteiger partial charge in [0.15, 0.2) is 5.76 Å². The van der Waals surface area contributed by atoms with Crippen molar-refractivity contribution in [1.29, 1.82) is 0 Å². The fourth-order valence-corrected chi connectivity index (χ4v) is 4.64. The number of amides is 2. The number of hydrogen-bond donors (Lipinski definition) is 0. The number of nitrogens with zero attached hydrogens (tertiary/aromatic N) is 5. The summed E-state index contributed by atoms with van der Waals surface area (Å²) in [7, 11) is 1.76. The molecule has 2 amide bonds. The number of furan rings is 1. The molecule has 184 valence electrons. The van der Waals surface area contributed by atoms with Crippen LogP contribution in [-0.4, -0.2) is 62.8 Å². The van der Waals surface area contributed by atoms with Crippen molar-refractivity contribution in [2.45, 2.75) is 58.0 Å². The first-order chi connectivity index (χ1) is 16.8. The highest BCUT2D eigenvalue weighted by Gasteiger charge is 2.32. The average molecular weight is 480 g/mol. The van der Waals surface area contributed by atoms with Gasteiger partial charge in [0.2, 0.25) is 5.91 Å². The van der Waals surface area contributed by atoms with Gasteiger partial charge in [0.1, 0.15) is 11.4 Å². The molecule has 0 atom stereocenters. The Morgan fingerprint density at radius 2 is 2.09 bits per heavy atom. The third kappa shape index (κ3) is 4.59. The smallest absolute Gasteiger partial charge is 0.289 e. The summed E-state index contributed by atoms with van der Waals surface area (Å²) in [5.74, 6) is -0.410. The molecule has 0 N–H and O–H groups in total. The highest BCUT2D eigenvalue weighted by molar-refractivity contribution is 5.98.